The van der Waals surface area contributed by atoms with Gasteiger partial charge in [0.25, 0.3) is 0 Å². The Morgan fingerprint density at radius 3 is 2.68 bits per heavy atom. The van der Waals surface area contributed by atoms with Crippen molar-refractivity contribution < 1.29 is 9.53 Å². The summed E-state index contributed by atoms with van der Waals surface area (Å²) in [5, 5.41) is 2.98. The van der Waals surface area contributed by atoms with Gasteiger partial charge in [-0.2, -0.15) is 0 Å². The molecule has 1 aliphatic rings. The molecule has 1 aromatic heterocycles. The lowest BCUT2D eigenvalue weighted by Crippen LogP contribution is -2.28. The van der Waals surface area contributed by atoms with E-state index in [9.17, 15) is 4.79 Å². The van der Waals surface area contributed by atoms with Crippen LogP contribution in [0, 0.1) is 0 Å². The molecule has 2 heterocycles. The maximum absolute atomic E-state index is 11.9. The Morgan fingerprint density at radius 1 is 1.23 bits per heavy atom. The van der Waals surface area contributed by atoms with E-state index in [0.717, 1.165) is 37.1 Å². The van der Waals surface area contributed by atoms with Crippen molar-refractivity contribution >= 4 is 5.91 Å². The second kappa shape index (κ2) is 7.27. The summed E-state index contributed by atoms with van der Waals surface area (Å²) >= 11 is 0. The van der Waals surface area contributed by atoms with Gasteiger partial charge in [-0.3, -0.25) is 4.79 Å². The molecule has 3 rings (SSSR count). The van der Waals surface area contributed by atoms with Crippen LogP contribution in [0.2, 0.25) is 0 Å². The fraction of sp³-hybridized carbons (Fsp3) is 0.389. The normalized spacial score (nSPS) is 17.5. The minimum atomic E-state index is 0.0757. The zero-order valence-electron chi connectivity index (χ0n) is 12.7. The lowest BCUT2D eigenvalue weighted by Gasteiger charge is -2.10. The van der Waals surface area contributed by atoms with Gasteiger partial charge in [0, 0.05) is 31.2 Å². The summed E-state index contributed by atoms with van der Waals surface area (Å²) in [5.74, 6) is 0.0757. The van der Waals surface area contributed by atoms with E-state index in [1.54, 1.807) is 0 Å². The van der Waals surface area contributed by atoms with Crippen molar-refractivity contribution in [2.24, 2.45) is 0 Å². The van der Waals surface area contributed by atoms with Crippen LogP contribution in [0.5, 0.6) is 0 Å². The second-order valence-electron chi connectivity index (χ2n) is 5.71. The highest BCUT2D eigenvalue weighted by molar-refractivity contribution is 5.78. The van der Waals surface area contributed by atoms with Crippen LogP contribution >= 0.6 is 0 Å². The van der Waals surface area contributed by atoms with E-state index in [-0.39, 0.29) is 5.91 Å². The Morgan fingerprint density at radius 2 is 2.00 bits per heavy atom. The van der Waals surface area contributed by atoms with Crippen molar-refractivity contribution in [2.45, 2.75) is 31.8 Å². The summed E-state index contributed by atoms with van der Waals surface area (Å²) < 4.78 is 7.60. The van der Waals surface area contributed by atoms with Crippen LogP contribution in [0.15, 0.2) is 48.8 Å². The van der Waals surface area contributed by atoms with Crippen molar-refractivity contribution in [1.29, 1.82) is 0 Å². The standard InChI is InChI=1S/C18H22N2O2/c21-18(19-10-9-17-4-3-13-22-17)14-15-5-7-16(8-6-15)20-11-1-2-12-20/h1-2,5-8,11-12,17H,3-4,9-10,13-14H2,(H,19,21)/t17-/m1/s1. The molecule has 1 aromatic carbocycles. The average Bonchev–Trinajstić information content (AvgIpc) is 3.21. The molecule has 1 N–H and O–H groups in total. The summed E-state index contributed by atoms with van der Waals surface area (Å²) in [6, 6.07) is 12.1. The third kappa shape index (κ3) is 3.98. The molecule has 4 nitrogen and oxygen atoms in total. The number of hydrogen-bond donors (Lipinski definition) is 1. The van der Waals surface area contributed by atoms with Gasteiger partial charge in [-0.15, -0.1) is 0 Å². The van der Waals surface area contributed by atoms with E-state index in [4.69, 9.17) is 4.74 Å². The van der Waals surface area contributed by atoms with E-state index < -0.39 is 0 Å². The van der Waals surface area contributed by atoms with E-state index in [2.05, 4.69) is 5.32 Å². The molecule has 1 atom stereocenters. The van der Waals surface area contributed by atoms with Crippen molar-refractivity contribution in [3.63, 3.8) is 0 Å². The Kier molecular flexibility index (Phi) is 4.91. The molecule has 1 aliphatic heterocycles. The lowest BCUT2D eigenvalue weighted by molar-refractivity contribution is -0.120. The number of aromatic nitrogens is 1. The van der Waals surface area contributed by atoms with Gasteiger partial charge in [-0.25, -0.2) is 0 Å². The first kappa shape index (κ1) is 14.9. The van der Waals surface area contributed by atoms with Crippen LogP contribution in [-0.2, 0) is 16.0 Å². The summed E-state index contributed by atoms with van der Waals surface area (Å²) in [4.78, 5) is 11.9. The second-order valence-corrected chi connectivity index (χ2v) is 5.71. The number of benzene rings is 1. The van der Waals surface area contributed by atoms with Crippen molar-refractivity contribution in [3.05, 3.63) is 54.4 Å². The monoisotopic (exact) mass is 298 g/mol. The van der Waals surface area contributed by atoms with Crippen molar-refractivity contribution in [3.8, 4) is 5.69 Å². The molecule has 4 heteroatoms. The van der Waals surface area contributed by atoms with Gasteiger partial charge in [0.2, 0.25) is 5.91 Å². The van der Waals surface area contributed by atoms with E-state index in [1.165, 1.54) is 0 Å². The molecular formula is C18H22N2O2. The SMILES string of the molecule is O=C(Cc1ccc(-n2cccc2)cc1)NCC[C@H]1CCCO1. The van der Waals surface area contributed by atoms with Gasteiger partial charge in [0.15, 0.2) is 0 Å². The predicted molar refractivity (Wildman–Crippen MR) is 86.1 cm³/mol. The Balaban J connectivity index is 1.44. The molecule has 1 fully saturated rings. The first-order valence-electron chi connectivity index (χ1n) is 7.92. The van der Waals surface area contributed by atoms with E-state index in [1.807, 2.05) is 53.4 Å². The minimum absolute atomic E-state index is 0.0757. The third-order valence-electron chi connectivity index (χ3n) is 4.02. The Hall–Kier alpha value is -2.07. The van der Waals surface area contributed by atoms with Crippen molar-refractivity contribution in [2.75, 3.05) is 13.2 Å². The summed E-state index contributed by atoms with van der Waals surface area (Å²) in [6.07, 6.45) is 7.96. The average molecular weight is 298 g/mol. The lowest BCUT2D eigenvalue weighted by atomic mass is 10.1. The number of hydrogen-bond acceptors (Lipinski definition) is 2. The van der Waals surface area contributed by atoms with Crippen molar-refractivity contribution in [1.82, 2.24) is 9.88 Å². The summed E-state index contributed by atoms with van der Waals surface area (Å²) in [5.41, 5.74) is 2.14. The zero-order chi connectivity index (χ0) is 15.2. The molecular weight excluding hydrogens is 276 g/mol. The van der Waals surface area contributed by atoms with Crippen LogP contribution in [0.1, 0.15) is 24.8 Å². The largest absolute Gasteiger partial charge is 0.378 e. The number of nitrogens with zero attached hydrogens (tertiary/aromatic N) is 1. The smallest absolute Gasteiger partial charge is 0.224 e. The van der Waals surface area contributed by atoms with Crippen LogP contribution in [0.3, 0.4) is 0 Å². The highest BCUT2D eigenvalue weighted by atomic mass is 16.5. The molecule has 116 valence electrons. The van der Waals surface area contributed by atoms with Gasteiger partial charge in [0.1, 0.15) is 0 Å². The number of ether oxygens (including phenoxy) is 1. The van der Waals surface area contributed by atoms with E-state index >= 15 is 0 Å². The van der Waals surface area contributed by atoms with Crippen LogP contribution in [-0.4, -0.2) is 29.7 Å². The fourth-order valence-electron chi connectivity index (χ4n) is 2.79. The summed E-state index contributed by atoms with van der Waals surface area (Å²) in [7, 11) is 0. The highest BCUT2D eigenvalue weighted by Crippen LogP contribution is 2.14. The first-order chi connectivity index (χ1) is 10.8. The number of carbonyl (C=O) groups is 1. The molecule has 0 bridgehead atoms. The maximum atomic E-state index is 11.9. The Bertz CT molecular complexity index is 584. The minimum Gasteiger partial charge on any atom is -0.378 e. The van der Waals surface area contributed by atoms with Crippen LogP contribution in [0.4, 0.5) is 0 Å². The van der Waals surface area contributed by atoms with Crippen LogP contribution < -0.4 is 5.32 Å². The van der Waals surface area contributed by atoms with Gasteiger partial charge >= 0.3 is 0 Å². The molecule has 0 spiro atoms. The zero-order valence-corrected chi connectivity index (χ0v) is 12.7. The Labute approximate surface area is 131 Å². The molecule has 0 unspecified atom stereocenters. The van der Waals surface area contributed by atoms with Gasteiger partial charge in [0.05, 0.1) is 12.5 Å². The number of carbonyl (C=O) groups excluding carboxylic acids is 1. The predicted octanol–water partition coefficient (Wildman–Crippen LogP) is 2.71. The van der Waals surface area contributed by atoms with Gasteiger partial charge in [-0.1, -0.05) is 12.1 Å². The fourth-order valence-corrected chi connectivity index (χ4v) is 2.79. The first-order valence-corrected chi connectivity index (χ1v) is 7.92. The van der Waals surface area contributed by atoms with Crippen LogP contribution in [0.25, 0.3) is 5.69 Å². The molecule has 22 heavy (non-hydrogen) atoms. The van der Waals surface area contributed by atoms with Gasteiger partial charge in [-0.05, 0) is 49.1 Å². The third-order valence-corrected chi connectivity index (χ3v) is 4.02. The summed E-state index contributed by atoms with van der Waals surface area (Å²) in [6.45, 7) is 1.57. The maximum Gasteiger partial charge on any atom is 0.224 e. The molecule has 0 aliphatic carbocycles. The quantitative estimate of drug-likeness (QED) is 0.891. The molecule has 0 saturated carbocycles. The molecule has 1 saturated heterocycles. The molecule has 2 aromatic rings. The molecule has 0 radical (unpaired) electrons. The number of amides is 1. The van der Waals surface area contributed by atoms with E-state index in [0.29, 0.717) is 19.1 Å². The van der Waals surface area contributed by atoms with Gasteiger partial charge < -0.3 is 14.6 Å². The highest BCUT2D eigenvalue weighted by Gasteiger charge is 2.15. The number of rotatable bonds is 6. The topological polar surface area (TPSA) is 43.3 Å². The number of nitrogens with one attached hydrogen (secondary N) is 1. The molecule has 1 amide bonds.